The second-order valence-corrected chi connectivity index (χ2v) is 9.94. The molecule has 0 unspecified atom stereocenters. The van der Waals surface area contributed by atoms with Gasteiger partial charge in [-0.3, -0.25) is 9.69 Å². The Morgan fingerprint density at radius 2 is 1.50 bits per heavy atom. The van der Waals surface area contributed by atoms with Gasteiger partial charge in [-0.05, 0) is 53.4 Å². The van der Waals surface area contributed by atoms with Crippen molar-refractivity contribution >= 4 is 18.0 Å². The number of carbonyl (C=O) groups excluding carboxylic acids is 3. The molecule has 1 aliphatic heterocycles. The third-order valence-electron chi connectivity index (χ3n) is 4.47. The van der Waals surface area contributed by atoms with Crippen LogP contribution in [-0.4, -0.2) is 45.7 Å². The van der Waals surface area contributed by atoms with Gasteiger partial charge in [-0.25, -0.2) is 9.59 Å². The molecule has 2 atom stereocenters. The van der Waals surface area contributed by atoms with Gasteiger partial charge >= 0.3 is 12.2 Å². The Labute approximate surface area is 168 Å². The Balaban J connectivity index is 3.42. The Hall–Kier alpha value is -2.05. The van der Waals surface area contributed by atoms with Crippen LogP contribution in [0.3, 0.4) is 0 Å². The topological polar surface area (TPSA) is 84.9 Å². The molecule has 2 amide bonds. The van der Waals surface area contributed by atoms with Crippen molar-refractivity contribution in [2.24, 2.45) is 11.8 Å². The summed E-state index contributed by atoms with van der Waals surface area (Å²) in [5.74, 6) is -0.842. The number of likely N-dealkylation sites (tertiary alicyclic amines) is 1. The fourth-order valence-electron chi connectivity index (χ4n) is 3.35. The molecule has 1 fully saturated rings. The number of Topliss-reactive ketones (excluding diaryl/α,β-unsaturated/α-hetero) is 1. The molecular weight excluding hydrogens is 360 g/mol. The molecule has 0 aliphatic carbocycles. The minimum absolute atomic E-state index is 0.196. The summed E-state index contributed by atoms with van der Waals surface area (Å²) in [5.41, 5.74) is -2.71. The molecule has 1 N–H and O–H groups in total. The maximum Gasteiger partial charge on any atom is 0.415 e. The van der Waals surface area contributed by atoms with Crippen molar-refractivity contribution in [2.45, 2.75) is 92.0 Å². The normalized spacial score (nSPS) is 23.4. The molecule has 7 nitrogen and oxygen atoms in total. The van der Waals surface area contributed by atoms with Crippen molar-refractivity contribution in [3.63, 3.8) is 0 Å². The van der Waals surface area contributed by atoms with Gasteiger partial charge in [0.25, 0.3) is 0 Å². The van der Waals surface area contributed by atoms with E-state index < -0.39 is 35.0 Å². The molecule has 1 aliphatic rings. The molecule has 160 valence electrons. The SMILES string of the molecule is C=C1N(C(=O)OC(C)(C)C)[C@H](C(C)C)C(=O)[C@]1(NC(=O)OC(C)(C)C)C(C)C. The van der Waals surface area contributed by atoms with Crippen molar-refractivity contribution in [3.05, 3.63) is 12.3 Å². The van der Waals surface area contributed by atoms with Crippen LogP contribution in [0.2, 0.25) is 0 Å². The number of alkyl carbamates (subject to hydrolysis) is 1. The van der Waals surface area contributed by atoms with Gasteiger partial charge in [-0.2, -0.15) is 0 Å². The standard InChI is InChI=1S/C21H36N2O5/c1-12(2)15-16(24)21(13(3)4,22-17(25)27-19(6,7)8)14(5)23(15)18(26)28-20(9,10)11/h12-13,15H,5H2,1-4,6-11H3,(H,22,25)/t15-,21+/m1/s1. The van der Waals surface area contributed by atoms with Crippen molar-refractivity contribution in [3.8, 4) is 0 Å². The molecule has 1 heterocycles. The number of amides is 2. The first-order valence-corrected chi connectivity index (χ1v) is 9.71. The van der Waals surface area contributed by atoms with Crippen LogP contribution in [0.25, 0.3) is 0 Å². The van der Waals surface area contributed by atoms with E-state index in [1.165, 1.54) is 4.90 Å². The lowest BCUT2D eigenvalue weighted by Gasteiger charge is -2.35. The summed E-state index contributed by atoms with van der Waals surface area (Å²) in [6.07, 6.45) is -1.39. The van der Waals surface area contributed by atoms with Gasteiger partial charge in [0.15, 0.2) is 5.78 Å². The molecule has 28 heavy (non-hydrogen) atoms. The van der Waals surface area contributed by atoms with Crippen LogP contribution in [0.1, 0.15) is 69.2 Å². The second-order valence-electron chi connectivity index (χ2n) is 9.94. The largest absolute Gasteiger partial charge is 0.444 e. The summed E-state index contributed by atoms with van der Waals surface area (Å²) in [5, 5.41) is 2.72. The van der Waals surface area contributed by atoms with Crippen LogP contribution in [0.5, 0.6) is 0 Å². The summed E-state index contributed by atoms with van der Waals surface area (Å²) in [6, 6.07) is -0.792. The quantitative estimate of drug-likeness (QED) is 0.770. The van der Waals surface area contributed by atoms with Crippen LogP contribution in [0.15, 0.2) is 12.3 Å². The van der Waals surface area contributed by atoms with Crippen molar-refractivity contribution in [1.29, 1.82) is 0 Å². The van der Waals surface area contributed by atoms with Crippen LogP contribution >= 0.6 is 0 Å². The summed E-state index contributed by atoms with van der Waals surface area (Å²) >= 11 is 0. The predicted molar refractivity (Wildman–Crippen MR) is 108 cm³/mol. The van der Waals surface area contributed by atoms with E-state index in [0.29, 0.717) is 0 Å². The highest BCUT2D eigenvalue weighted by atomic mass is 16.6. The van der Waals surface area contributed by atoms with Gasteiger partial charge in [0, 0.05) is 0 Å². The molecule has 1 saturated heterocycles. The van der Waals surface area contributed by atoms with Gasteiger partial charge < -0.3 is 14.8 Å². The summed E-state index contributed by atoms with van der Waals surface area (Å²) in [6.45, 7) is 21.8. The van der Waals surface area contributed by atoms with E-state index in [1.807, 2.05) is 13.8 Å². The molecule has 7 heteroatoms. The zero-order valence-corrected chi connectivity index (χ0v) is 18.9. The highest BCUT2D eigenvalue weighted by Crippen LogP contribution is 2.41. The third-order valence-corrected chi connectivity index (χ3v) is 4.47. The average Bonchev–Trinajstić information content (AvgIpc) is 2.65. The molecule has 0 spiro atoms. The Morgan fingerprint density at radius 1 is 1.04 bits per heavy atom. The van der Waals surface area contributed by atoms with Crippen LogP contribution in [0.4, 0.5) is 9.59 Å². The van der Waals surface area contributed by atoms with E-state index in [0.717, 1.165) is 0 Å². The average molecular weight is 397 g/mol. The van der Waals surface area contributed by atoms with E-state index in [1.54, 1.807) is 55.4 Å². The van der Waals surface area contributed by atoms with E-state index >= 15 is 0 Å². The van der Waals surface area contributed by atoms with E-state index in [9.17, 15) is 14.4 Å². The van der Waals surface area contributed by atoms with Crippen molar-refractivity contribution in [2.75, 3.05) is 0 Å². The number of ether oxygens (including phenoxy) is 2. The van der Waals surface area contributed by atoms with Crippen molar-refractivity contribution < 1.29 is 23.9 Å². The highest BCUT2D eigenvalue weighted by Gasteiger charge is 2.61. The van der Waals surface area contributed by atoms with Crippen LogP contribution in [-0.2, 0) is 14.3 Å². The number of rotatable bonds is 3. The Kier molecular flexibility index (Phi) is 6.65. The predicted octanol–water partition coefficient (Wildman–Crippen LogP) is 4.26. The molecule has 0 aromatic carbocycles. The second kappa shape index (κ2) is 7.76. The smallest absolute Gasteiger partial charge is 0.415 e. The van der Waals surface area contributed by atoms with Gasteiger partial charge in [0.05, 0.1) is 5.70 Å². The number of ketones is 1. The maximum atomic E-state index is 13.5. The molecular formula is C21H36N2O5. The maximum absolute atomic E-state index is 13.5. The molecule has 0 aromatic heterocycles. The monoisotopic (exact) mass is 396 g/mol. The molecule has 1 rings (SSSR count). The summed E-state index contributed by atoms with van der Waals surface area (Å²) in [7, 11) is 0. The van der Waals surface area contributed by atoms with Crippen molar-refractivity contribution in [1.82, 2.24) is 10.2 Å². The molecule has 0 saturated carbocycles. The zero-order chi connectivity index (χ0) is 22.2. The number of hydrogen-bond acceptors (Lipinski definition) is 5. The van der Waals surface area contributed by atoms with E-state index in [-0.39, 0.29) is 23.3 Å². The van der Waals surface area contributed by atoms with E-state index in [4.69, 9.17) is 9.47 Å². The molecule has 0 radical (unpaired) electrons. The van der Waals surface area contributed by atoms with Gasteiger partial charge in [-0.1, -0.05) is 34.3 Å². The van der Waals surface area contributed by atoms with E-state index in [2.05, 4.69) is 11.9 Å². The number of nitrogens with one attached hydrogen (secondary N) is 1. The van der Waals surface area contributed by atoms with Gasteiger partial charge in [0.2, 0.25) is 0 Å². The fraction of sp³-hybridized carbons (Fsp3) is 0.762. The molecule has 0 aromatic rings. The first kappa shape index (κ1) is 24.0. The number of nitrogens with zero attached hydrogens (tertiary/aromatic N) is 1. The minimum atomic E-state index is -1.45. The fourth-order valence-corrected chi connectivity index (χ4v) is 3.35. The zero-order valence-electron chi connectivity index (χ0n) is 18.9. The third kappa shape index (κ3) is 4.86. The lowest BCUT2D eigenvalue weighted by molar-refractivity contribution is -0.126. The Morgan fingerprint density at radius 3 is 1.86 bits per heavy atom. The van der Waals surface area contributed by atoms with Crippen LogP contribution < -0.4 is 5.32 Å². The molecule has 0 bridgehead atoms. The summed E-state index contributed by atoms with van der Waals surface area (Å²) < 4.78 is 10.9. The first-order chi connectivity index (χ1) is 12.4. The first-order valence-electron chi connectivity index (χ1n) is 9.71. The van der Waals surface area contributed by atoms with Gasteiger partial charge in [-0.15, -0.1) is 0 Å². The summed E-state index contributed by atoms with van der Waals surface area (Å²) in [4.78, 5) is 40.2. The number of carbonyl (C=O) groups is 3. The lowest BCUT2D eigenvalue weighted by Crippen LogP contribution is -2.59. The highest BCUT2D eigenvalue weighted by molar-refractivity contribution is 6.05. The minimum Gasteiger partial charge on any atom is -0.444 e. The Bertz CT molecular complexity index is 655. The van der Waals surface area contributed by atoms with Crippen LogP contribution in [0, 0.1) is 11.8 Å². The van der Waals surface area contributed by atoms with Gasteiger partial charge in [0.1, 0.15) is 22.8 Å². The lowest BCUT2D eigenvalue weighted by atomic mass is 9.79. The number of hydrogen-bond donors (Lipinski definition) is 1.